The van der Waals surface area contributed by atoms with Gasteiger partial charge in [-0.05, 0) is 48.3 Å². The topological polar surface area (TPSA) is 40.5 Å². The van der Waals surface area contributed by atoms with Crippen molar-refractivity contribution in [3.05, 3.63) is 0 Å². The number of rotatable bonds is 8. The molecule has 2 rings (SSSR count). The van der Waals surface area contributed by atoms with Gasteiger partial charge in [-0.25, -0.2) is 0 Å². The largest absolute Gasteiger partial charge is 0.255 e. The lowest BCUT2D eigenvalue weighted by Gasteiger charge is -2.34. The molecule has 0 aromatic carbocycles. The van der Waals surface area contributed by atoms with Crippen molar-refractivity contribution in [1.29, 1.82) is 0 Å². The summed E-state index contributed by atoms with van der Waals surface area (Å²) in [5.41, 5.74) is 0. The van der Waals surface area contributed by atoms with Gasteiger partial charge in [-0.2, -0.15) is 0 Å². The maximum Gasteiger partial charge on any atom is -0.0388 e. The van der Waals surface area contributed by atoms with Crippen LogP contribution in [0.3, 0.4) is 0 Å². The summed E-state index contributed by atoms with van der Waals surface area (Å²) in [7, 11) is 0. The summed E-state index contributed by atoms with van der Waals surface area (Å²) < 4.78 is 0. The lowest BCUT2D eigenvalue weighted by Crippen LogP contribution is -2.21. The minimum Gasteiger partial charge on any atom is -0.255 e. The van der Waals surface area contributed by atoms with Crippen LogP contribution in [0.1, 0.15) is 119 Å². The van der Waals surface area contributed by atoms with E-state index in [-0.39, 0.29) is 7.43 Å². The SMILES string of the molecule is C.CCC1CCC(CCC2CCC(C(C)CCC(C)C)CC2)CC1.OO. The van der Waals surface area contributed by atoms with Crippen LogP contribution in [0.15, 0.2) is 0 Å². The highest BCUT2D eigenvalue weighted by molar-refractivity contribution is 4.78. The zero-order valence-corrected chi connectivity index (χ0v) is 17.6. The highest BCUT2D eigenvalue weighted by Gasteiger charge is 2.26. The van der Waals surface area contributed by atoms with Crippen LogP contribution in [0.5, 0.6) is 0 Å². The zero-order chi connectivity index (χ0) is 18.7. The normalized spacial score (nSPS) is 30.1. The fourth-order valence-electron chi connectivity index (χ4n) is 5.28. The highest BCUT2D eigenvalue weighted by Crippen LogP contribution is 2.39. The van der Waals surface area contributed by atoms with Crippen molar-refractivity contribution in [3.63, 3.8) is 0 Å². The van der Waals surface area contributed by atoms with Crippen LogP contribution in [-0.4, -0.2) is 10.5 Å². The molecule has 0 saturated heterocycles. The first-order valence-electron chi connectivity index (χ1n) is 11.3. The third-order valence-electron chi connectivity index (χ3n) is 7.42. The van der Waals surface area contributed by atoms with Crippen LogP contribution >= 0.6 is 0 Å². The van der Waals surface area contributed by atoms with E-state index in [0.717, 1.165) is 35.5 Å². The fraction of sp³-hybridized carbons (Fsp3) is 1.00. The van der Waals surface area contributed by atoms with Crippen LogP contribution in [0, 0.1) is 35.5 Å². The molecule has 1 unspecified atom stereocenters. The first-order valence-corrected chi connectivity index (χ1v) is 11.3. The molecule has 2 N–H and O–H groups in total. The summed E-state index contributed by atoms with van der Waals surface area (Å²) in [5.74, 6) is 6.13. The average Bonchev–Trinajstić information content (AvgIpc) is 2.67. The first kappa shape index (κ1) is 25.9. The molecule has 158 valence electrons. The molecule has 2 fully saturated rings. The van der Waals surface area contributed by atoms with E-state index in [9.17, 15) is 0 Å². The maximum absolute atomic E-state index is 6.00. The second-order valence-corrected chi connectivity index (χ2v) is 9.60. The van der Waals surface area contributed by atoms with E-state index in [1.165, 1.54) is 44.9 Å². The lowest BCUT2D eigenvalue weighted by molar-refractivity contribution is -0.176. The van der Waals surface area contributed by atoms with Crippen molar-refractivity contribution in [3.8, 4) is 0 Å². The summed E-state index contributed by atoms with van der Waals surface area (Å²) in [4.78, 5) is 0. The Hall–Kier alpha value is -0.0800. The van der Waals surface area contributed by atoms with Crippen molar-refractivity contribution in [2.45, 2.75) is 119 Å². The van der Waals surface area contributed by atoms with Gasteiger partial charge in [0.2, 0.25) is 0 Å². The monoisotopic (exact) mass is 370 g/mol. The third kappa shape index (κ3) is 9.74. The Bertz CT molecular complexity index is 299. The molecule has 2 heteroatoms. The second-order valence-electron chi connectivity index (χ2n) is 9.60. The van der Waals surface area contributed by atoms with E-state index in [4.69, 9.17) is 10.5 Å². The van der Waals surface area contributed by atoms with Gasteiger partial charge in [0.15, 0.2) is 0 Å². The Balaban J connectivity index is 0.00000201. The molecule has 0 bridgehead atoms. The molecule has 1 atom stereocenters. The molecule has 26 heavy (non-hydrogen) atoms. The van der Waals surface area contributed by atoms with Gasteiger partial charge in [0.05, 0.1) is 0 Å². The fourth-order valence-corrected chi connectivity index (χ4v) is 5.28. The summed E-state index contributed by atoms with van der Waals surface area (Å²) in [5, 5.41) is 12.0. The van der Waals surface area contributed by atoms with Crippen molar-refractivity contribution >= 4 is 0 Å². The summed E-state index contributed by atoms with van der Waals surface area (Å²) >= 11 is 0. The smallest absolute Gasteiger partial charge is 0.0388 e. The quantitative estimate of drug-likeness (QED) is 0.332. The summed E-state index contributed by atoms with van der Waals surface area (Å²) in [6, 6.07) is 0. The minimum atomic E-state index is 0. The van der Waals surface area contributed by atoms with E-state index in [0.29, 0.717) is 0 Å². The van der Waals surface area contributed by atoms with Gasteiger partial charge in [0.1, 0.15) is 0 Å². The van der Waals surface area contributed by atoms with Gasteiger partial charge in [-0.15, -0.1) is 0 Å². The first-order chi connectivity index (χ1) is 12.1. The van der Waals surface area contributed by atoms with Gasteiger partial charge >= 0.3 is 0 Å². The Labute approximate surface area is 165 Å². The molecule has 2 nitrogen and oxygen atoms in total. The maximum atomic E-state index is 6.00. The van der Waals surface area contributed by atoms with Crippen molar-refractivity contribution in [2.24, 2.45) is 35.5 Å². The van der Waals surface area contributed by atoms with Gasteiger partial charge in [0, 0.05) is 0 Å². The third-order valence-corrected chi connectivity index (χ3v) is 7.42. The van der Waals surface area contributed by atoms with E-state index in [2.05, 4.69) is 27.7 Å². The summed E-state index contributed by atoms with van der Waals surface area (Å²) in [6.07, 6.45) is 19.7. The molecule has 0 aliphatic heterocycles. The van der Waals surface area contributed by atoms with E-state index < -0.39 is 0 Å². The Morgan fingerprint density at radius 3 is 1.54 bits per heavy atom. The van der Waals surface area contributed by atoms with Crippen LogP contribution in [0.25, 0.3) is 0 Å². The Morgan fingerprint density at radius 2 is 1.12 bits per heavy atom. The molecule has 2 aliphatic carbocycles. The molecule has 2 saturated carbocycles. The predicted octanol–water partition coefficient (Wildman–Crippen LogP) is 8.52. The number of hydrogen-bond acceptors (Lipinski definition) is 2. The minimum absolute atomic E-state index is 0. The van der Waals surface area contributed by atoms with Crippen LogP contribution < -0.4 is 0 Å². The molecule has 0 aromatic heterocycles. The highest BCUT2D eigenvalue weighted by atomic mass is 17.0. The predicted molar refractivity (Wildman–Crippen MR) is 116 cm³/mol. The molecule has 0 spiro atoms. The van der Waals surface area contributed by atoms with E-state index in [1.807, 2.05) is 0 Å². The van der Waals surface area contributed by atoms with Gasteiger partial charge in [0.25, 0.3) is 0 Å². The van der Waals surface area contributed by atoms with Crippen molar-refractivity contribution < 1.29 is 10.5 Å². The zero-order valence-electron chi connectivity index (χ0n) is 17.6. The Morgan fingerprint density at radius 1 is 0.692 bits per heavy atom. The van der Waals surface area contributed by atoms with Crippen molar-refractivity contribution in [1.82, 2.24) is 0 Å². The molecule has 0 heterocycles. The van der Waals surface area contributed by atoms with Crippen LogP contribution in [0.2, 0.25) is 0 Å². The number of hydrogen-bond donors (Lipinski definition) is 2. The van der Waals surface area contributed by atoms with Gasteiger partial charge in [-0.3, -0.25) is 10.5 Å². The molecule has 0 amide bonds. The van der Waals surface area contributed by atoms with Crippen LogP contribution in [0.4, 0.5) is 0 Å². The van der Waals surface area contributed by atoms with Gasteiger partial charge in [-0.1, -0.05) is 106 Å². The molecule has 2 aliphatic rings. The molecule has 0 aromatic rings. The molecule has 0 radical (unpaired) electrons. The van der Waals surface area contributed by atoms with Gasteiger partial charge < -0.3 is 0 Å². The standard InChI is InChI=1S/C23H44.CH4.H2O2/c1-5-20-8-10-21(11-9-20)12-13-22-14-16-23(17-15-22)19(4)7-6-18(2)3;;1-2/h18-23H,5-17H2,1-4H3;1H4;1-2H. The van der Waals surface area contributed by atoms with Crippen molar-refractivity contribution in [2.75, 3.05) is 0 Å². The molecular formula is C24H50O2. The summed E-state index contributed by atoms with van der Waals surface area (Å²) in [6.45, 7) is 9.65. The van der Waals surface area contributed by atoms with E-state index in [1.54, 1.807) is 38.5 Å². The van der Waals surface area contributed by atoms with Crippen LogP contribution in [-0.2, 0) is 0 Å². The van der Waals surface area contributed by atoms with E-state index >= 15 is 0 Å². The second kappa shape index (κ2) is 14.9. The molecular weight excluding hydrogens is 320 g/mol. The Kier molecular flexibility index (Phi) is 14.9. The average molecular weight is 371 g/mol. The lowest BCUT2D eigenvalue weighted by atomic mass is 9.72.